The molecular weight excluding hydrogens is 388 g/mol. The van der Waals surface area contributed by atoms with Gasteiger partial charge in [-0.2, -0.15) is 0 Å². The SMILES string of the molecule is COc1ccc([N+](=O)[O-])cc1NC(=O)CN1CC(=O)Oc2cc([N+](=O)[O-])ccc21. The molecular formula is C17H14N4O8. The lowest BCUT2D eigenvalue weighted by Gasteiger charge is -2.29. The summed E-state index contributed by atoms with van der Waals surface area (Å²) in [6.07, 6.45) is 0. The van der Waals surface area contributed by atoms with Crippen molar-refractivity contribution in [2.24, 2.45) is 0 Å². The van der Waals surface area contributed by atoms with Crippen molar-refractivity contribution in [2.75, 3.05) is 30.4 Å². The number of hydrogen-bond donors (Lipinski definition) is 1. The average Bonchev–Trinajstić information content (AvgIpc) is 2.67. The molecule has 0 radical (unpaired) electrons. The molecule has 12 nitrogen and oxygen atoms in total. The normalized spacial score (nSPS) is 12.6. The van der Waals surface area contributed by atoms with E-state index >= 15 is 0 Å². The molecule has 1 heterocycles. The van der Waals surface area contributed by atoms with Gasteiger partial charge in [0.25, 0.3) is 11.4 Å². The van der Waals surface area contributed by atoms with Crippen LogP contribution in [0.1, 0.15) is 0 Å². The van der Waals surface area contributed by atoms with E-state index in [2.05, 4.69) is 5.32 Å². The van der Waals surface area contributed by atoms with Gasteiger partial charge in [-0.3, -0.25) is 25.0 Å². The molecule has 3 rings (SSSR count). The molecule has 2 aromatic carbocycles. The Balaban J connectivity index is 1.82. The van der Waals surface area contributed by atoms with E-state index in [1.54, 1.807) is 0 Å². The predicted molar refractivity (Wildman–Crippen MR) is 99.2 cm³/mol. The van der Waals surface area contributed by atoms with Crippen LogP contribution in [-0.4, -0.2) is 41.9 Å². The van der Waals surface area contributed by atoms with Crippen LogP contribution in [-0.2, 0) is 9.59 Å². The van der Waals surface area contributed by atoms with Crippen LogP contribution >= 0.6 is 0 Å². The van der Waals surface area contributed by atoms with Crippen LogP contribution in [0.25, 0.3) is 0 Å². The van der Waals surface area contributed by atoms with Gasteiger partial charge in [-0.1, -0.05) is 0 Å². The summed E-state index contributed by atoms with van der Waals surface area (Å²) < 4.78 is 10.1. The third kappa shape index (κ3) is 4.21. The molecule has 0 aromatic heterocycles. The Morgan fingerprint density at radius 2 is 1.83 bits per heavy atom. The van der Waals surface area contributed by atoms with Gasteiger partial charge in [-0.15, -0.1) is 0 Å². The highest BCUT2D eigenvalue weighted by atomic mass is 16.6. The van der Waals surface area contributed by atoms with Gasteiger partial charge in [0, 0.05) is 18.2 Å². The largest absolute Gasteiger partial charge is 0.495 e. The molecule has 2 aromatic rings. The van der Waals surface area contributed by atoms with E-state index in [1.807, 2.05) is 0 Å². The van der Waals surface area contributed by atoms with Gasteiger partial charge in [0.2, 0.25) is 5.91 Å². The minimum absolute atomic E-state index is 0.0313. The molecule has 0 aliphatic carbocycles. The van der Waals surface area contributed by atoms with Gasteiger partial charge in [-0.25, -0.2) is 4.79 Å². The number of amides is 1. The van der Waals surface area contributed by atoms with Crippen LogP contribution in [0.2, 0.25) is 0 Å². The number of hydrogen-bond acceptors (Lipinski definition) is 9. The fourth-order valence-electron chi connectivity index (χ4n) is 2.77. The number of rotatable bonds is 6. The molecule has 150 valence electrons. The Kier molecular flexibility index (Phi) is 5.25. The van der Waals surface area contributed by atoms with Crippen molar-refractivity contribution < 1.29 is 28.9 Å². The first kappa shape index (κ1) is 19.5. The smallest absolute Gasteiger partial charge is 0.331 e. The monoisotopic (exact) mass is 402 g/mol. The molecule has 1 N–H and O–H groups in total. The lowest BCUT2D eigenvalue weighted by Crippen LogP contribution is -2.41. The Morgan fingerprint density at radius 3 is 2.48 bits per heavy atom. The quantitative estimate of drug-likeness (QED) is 0.330. The van der Waals surface area contributed by atoms with Crippen LogP contribution in [0.4, 0.5) is 22.7 Å². The van der Waals surface area contributed by atoms with E-state index in [-0.39, 0.29) is 41.7 Å². The molecule has 1 aliphatic rings. The molecule has 1 amide bonds. The van der Waals surface area contributed by atoms with Gasteiger partial charge in [0.05, 0.1) is 40.9 Å². The van der Waals surface area contributed by atoms with Crippen molar-refractivity contribution in [1.29, 1.82) is 0 Å². The molecule has 0 spiro atoms. The Morgan fingerprint density at radius 1 is 1.17 bits per heavy atom. The molecule has 1 aliphatic heterocycles. The lowest BCUT2D eigenvalue weighted by atomic mass is 10.2. The number of anilines is 2. The Bertz CT molecular complexity index is 1020. The highest BCUT2D eigenvalue weighted by Crippen LogP contribution is 2.35. The fourth-order valence-corrected chi connectivity index (χ4v) is 2.77. The number of carbonyl (C=O) groups is 2. The van der Waals surface area contributed by atoms with Crippen molar-refractivity contribution in [1.82, 2.24) is 0 Å². The van der Waals surface area contributed by atoms with Crippen molar-refractivity contribution in [3.63, 3.8) is 0 Å². The van der Waals surface area contributed by atoms with E-state index in [1.165, 1.54) is 36.3 Å². The third-order valence-electron chi connectivity index (χ3n) is 4.04. The van der Waals surface area contributed by atoms with Crippen LogP contribution < -0.4 is 19.7 Å². The number of ether oxygens (including phenoxy) is 2. The van der Waals surface area contributed by atoms with Crippen LogP contribution in [0.15, 0.2) is 36.4 Å². The minimum Gasteiger partial charge on any atom is -0.495 e. The van der Waals surface area contributed by atoms with Gasteiger partial charge < -0.3 is 19.7 Å². The zero-order valence-electron chi connectivity index (χ0n) is 15.0. The second-order valence-corrected chi connectivity index (χ2v) is 5.93. The summed E-state index contributed by atoms with van der Waals surface area (Å²) in [6, 6.07) is 7.44. The van der Waals surface area contributed by atoms with Crippen molar-refractivity contribution in [3.05, 3.63) is 56.6 Å². The number of esters is 1. The average molecular weight is 402 g/mol. The first-order valence-electron chi connectivity index (χ1n) is 8.15. The van der Waals surface area contributed by atoms with Gasteiger partial charge in [0.1, 0.15) is 12.3 Å². The first-order valence-corrected chi connectivity index (χ1v) is 8.15. The maximum absolute atomic E-state index is 12.5. The molecule has 0 saturated carbocycles. The Labute approximate surface area is 162 Å². The maximum Gasteiger partial charge on any atom is 0.331 e. The first-order chi connectivity index (χ1) is 13.8. The number of carbonyl (C=O) groups excluding carboxylic acids is 2. The molecule has 0 unspecified atom stereocenters. The lowest BCUT2D eigenvalue weighted by molar-refractivity contribution is -0.385. The number of fused-ring (bicyclic) bond motifs is 1. The predicted octanol–water partition coefficient (Wildman–Crippen LogP) is 1.88. The molecule has 0 bridgehead atoms. The number of nitrogens with one attached hydrogen (secondary N) is 1. The van der Waals surface area contributed by atoms with Gasteiger partial charge in [-0.05, 0) is 12.1 Å². The number of benzene rings is 2. The highest BCUT2D eigenvalue weighted by Gasteiger charge is 2.28. The number of methoxy groups -OCH3 is 1. The van der Waals surface area contributed by atoms with Gasteiger partial charge >= 0.3 is 5.97 Å². The molecule has 29 heavy (non-hydrogen) atoms. The zero-order chi connectivity index (χ0) is 21.1. The van der Waals surface area contributed by atoms with Crippen LogP contribution in [0.5, 0.6) is 11.5 Å². The van der Waals surface area contributed by atoms with E-state index in [0.717, 1.165) is 12.1 Å². The summed E-state index contributed by atoms with van der Waals surface area (Å²) in [7, 11) is 1.35. The van der Waals surface area contributed by atoms with Crippen LogP contribution in [0.3, 0.4) is 0 Å². The van der Waals surface area contributed by atoms with Crippen LogP contribution in [0, 0.1) is 20.2 Å². The molecule has 0 saturated heterocycles. The fraction of sp³-hybridized carbons (Fsp3) is 0.176. The highest BCUT2D eigenvalue weighted by molar-refractivity contribution is 5.97. The molecule has 0 atom stereocenters. The number of nitro groups is 2. The number of non-ortho nitro benzene ring substituents is 2. The number of nitrogens with zero attached hydrogens (tertiary/aromatic N) is 3. The van der Waals surface area contributed by atoms with Crippen molar-refractivity contribution in [2.45, 2.75) is 0 Å². The summed E-state index contributed by atoms with van der Waals surface area (Å²) in [5.41, 5.74) is -0.0731. The zero-order valence-corrected chi connectivity index (χ0v) is 15.0. The minimum atomic E-state index is -0.682. The summed E-state index contributed by atoms with van der Waals surface area (Å²) in [5, 5.41) is 24.4. The Hall–Kier alpha value is -4.22. The maximum atomic E-state index is 12.5. The van der Waals surface area contributed by atoms with E-state index in [9.17, 15) is 29.8 Å². The van der Waals surface area contributed by atoms with Gasteiger partial charge in [0.15, 0.2) is 5.75 Å². The summed E-state index contributed by atoms with van der Waals surface area (Å²) in [5.74, 6) is -1.07. The standard InChI is InChI=1S/C17H14N4O8/c1-28-14-5-3-10(20(24)25)6-12(14)18-16(22)8-19-9-17(23)29-15-7-11(21(26)27)2-4-13(15)19/h2-7H,8-9H2,1H3,(H,18,22). The second kappa shape index (κ2) is 7.80. The van der Waals surface area contributed by atoms with E-state index in [4.69, 9.17) is 9.47 Å². The summed E-state index contributed by atoms with van der Waals surface area (Å²) >= 11 is 0. The summed E-state index contributed by atoms with van der Waals surface area (Å²) in [6.45, 7) is -0.546. The van der Waals surface area contributed by atoms with E-state index in [0.29, 0.717) is 5.69 Å². The number of nitro benzene ring substituents is 2. The van der Waals surface area contributed by atoms with E-state index < -0.39 is 21.7 Å². The third-order valence-corrected chi connectivity index (χ3v) is 4.04. The topological polar surface area (TPSA) is 154 Å². The molecule has 12 heteroatoms. The van der Waals surface area contributed by atoms with Crippen molar-refractivity contribution in [3.8, 4) is 11.5 Å². The summed E-state index contributed by atoms with van der Waals surface area (Å²) in [4.78, 5) is 46.3. The second-order valence-electron chi connectivity index (χ2n) is 5.93. The molecule has 0 fully saturated rings. The van der Waals surface area contributed by atoms with Crippen molar-refractivity contribution >= 4 is 34.6 Å².